The molecule has 0 radical (unpaired) electrons. The van der Waals surface area contributed by atoms with Crippen LogP contribution in [0.2, 0.25) is 0 Å². The maximum Gasteiger partial charge on any atom is 0.252 e. The summed E-state index contributed by atoms with van der Waals surface area (Å²) in [5.74, 6) is -0.293. The summed E-state index contributed by atoms with van der Waals surface area (Å²) >= 11 is 3.12. The van der Waals surface area contributed by atoms with Crippen LogP contribution in [0.4, 0.5) is 0 Å². The molecule has 0 aliphatic carbocycles. The summed E-state index contributed by atoms with van der Waals surface area (Å²) in [5, 5.41) is 2.58. The quantitative estimate of drug-likeness (QED) is 0.672. The zero-order valence-electron chi connectivity index (χ0n) is 8.37. The third kappa shape index (κ3) is 3.47. The Morgan fingerprint density at radius 2 is 1.93 bits per heavy atom. The summed E-state index contributed by atoms with van der Waals surface area (Å²) < 4.78 is 0. The molecule has 80 valence electrons. The number of benzene rings is 1. The van der Waals surface area contributed by atoms with Crippen LogP contribution >= 0.6 is 15.9 Å². The average Bonchev–Trinajstić information content (AvgIpc) is 2.29. The zero-order chi connectivity index (χ0) is 11.3. The number of carbonyl (C=O) groups is 2. The highest BCUT2D eigenvalue weighted by Crippen LogP contribution is 2.03. The van der Waals surface area contributed by atoms with E-state index in [4.69, 9.17) is 0 Å². The van der Waals surface area contributed by atoms with E-state index in [1.54, 1.807) is 31.2 Å². The monoisotopic (exact) mass is 269 g/mol. The van der Waals surface area contributed by atoms with Gasteiger partial charge in [0.25, 0.3) is 5.91 Å². The Bertz CT molecular complexity index is 351. The second-order valence-corrected chi connectivity index (χ2v) is 3.94. The SMILES string of the molecule is CCC(=O)C(Br)NC(=O)c1ccccc1. The van der Waals surface area contributed by atoms with Gasteiger partial charge in [0.05, 0.1) is 0 Å². The molecule has 0 saturated carbocycles. The van der Waals surface area contributed by atoms with Gasteiger partial charge in [-0.2, -0.15) is 0 Å². The van der Waals surface area contributed by atoms with Crippen LogP contribution in [-0.4, -0.2) is 16.6 Å². The van der Waals surface area contributed by atoms with Gasteiger partial charge < -0.3 is 5.32 Å². The van der Waals surface area contributed by atoms with Crippen molar-refractivity contribution < 1.29 is 9.59 Å². The highest BCUT2D eigenvalue weighted by molar-refractivity contribution is 9.10. The van der Waals surface area contributed by atoms with Gasteiger partial charge in [-0.15, -0.1) is 0 Å². The van der Waals surface area contributed by atoms with Crippen molar-refractivity contribution in [2.24, 2.45) is 0 Å². The number of hydrogen-bond acceptors (Lipinski definition) is 2. The van der Waals surface area contributed by atoms with E-state index in [0.717, 1.165) is 0 Å². The number of halogens is 1. The fourth-order valence-electron chi connectivity index (χ4n) is 1.05. The Morgan fingerprint density at radius 1 is 1.33 bits per heavy atom. The number of amides is 1. The normalized spacial score (nSPS) is 11.9. The molecule has 1 N–H and O–H groups in total. The van der Waals surface area contributed by atoms with Crippen LogP contribution in [0.5, 0.6) is 0 Å². The van der Waals surface area contributed by atoms with Gasteiger partial charge in [0.1, 0.15) is 4.95 Å². The lowest BCUT2D eigenvalue weighted by atomic mass is 10.2. The summed E-state index contributed by atoms with van der Waals surface area (Å²) in [5.41, 5.74) is 0.547. The molecule has 0 aromatic heterocycles. The van der Waals surface area contributed by atoms with Gasteiger partial charge in [-0.3, -0.25) is 9.59 Å². The van der Waals surface area contributed by atoms with E-state index in [0.29, 0.717) is 12.0 Å². The molecular weight excluding hydrogens is 258 g/mol. The van der Waals surface area contributed by atoms with Crippen LogP contribution in [0.25, 0.3) is 0 Å². The Kier molecular flexibility index (Phi) is 4.49. The van der Waals surface area contributed by atoms with Crippen LogP contribution < -0.4 is 5.32 Å². The van der Waals surface area contributed by atoms with Crippen molar-refractivity contribution in [1.29, 1.82) is 0 Å². The van der Waals surface area contributed by atoms with Crippen LogP contribution in [0.3, 0.4) is 0 Å². The molecule has 0 aliphatic heterocycles. The van der Waals surface area contributed by atoms with Crippen LogP contribution in [-0.2, 0) is 4.79 Å². The van der Waals surface area contributed by atoms with Crippen molar-refractivity contribution in [2.45, 2.75) is 18.3 Å². The van der Waals surface area contributed by atoms with Gasteiger partial charge in [0, 0.05) is 12.0 Å². The van der Waals surface area contributed by atoms with Crippen LogP contribution in [0.15, 0.2) is 30.3 Å². The van der Waals surface area contributed by atoms with E-state index in [9.17, 15) is 9.59 Å². The van der Waals surface area contributed by atoms with E-state index in [2.05, 4.69) is 21.2 Å². The average molecular weight is 270 g/mol. The number of rotatable bonds is 4. The van der Waals surface area contributed by atoms with Gasteiger partial charge >= 0.3 is 0 Å². The number of hydrogen-bond donors (Lipinski definition) is 1. The molecule has 0 saturated heterocycles. The van der Waals surface area contributed by atoms with Crippen molar-refractivity contribution in [3.05, 3.63) is 35.9 Å². The Labute approximate surface area is 97.0 Å². The number of alkyl halides is 1. The lowest BCUT2D eigenvalue weighted by Crippen LogP contribution is -2.35. The first-order chi connectivity index (χ1) is 7.15. The van der Waals surface area contributed by atoms with Crippen molar-refractivity contribution >= 4 is 27.6 Å². The summed E-state index contributed by atoms with van der Waals surface area (Å²) in [7, 11) is 0. The van der Waals surface area contributed by atoms with Gasteiger partial charge in [0.15, 0.2) is 5.78 Å². The molecule has 0 bridgehead atoms. The summed E-state index contributed by atoms with van der Waals surface area (Å²) in [6.07, 6.45) is 0.394. The fourth-order valence-corrected chi connectivity index (χ4v) is 1.58. The van der Waals surface area contributed by atoms with E-state index >= 15 is 0 Å². The van der Waals surface area contributed by atoms with Crippen molar-refractivity contribution in [1.82, 2.24) is 5.32 Å². The predicted molar refractivity (Wildman–Crippen MR) is 61.9 cm³/mol. The van der Waals surface area contributed by atoms with Crippen molar-refractivity contribution in [3.8, 4) is 0 Å². The largest absolute Gasteiger partial charge is 0.333 e. The summed E-state index contributed by atoms with van der Waals surface area (Å²) in [6, 6.07) is 8.79. The van der Waals surface area contributed by atoms with Crippen LogP contribution in [0.1, 0.15) is 23.7 Å². The van der Waals surface area contributed by atoms with Gasteiger partial charge in [-0.25, -0.2) is 0 Å². The highest BCUT2D eigenvalue weighted by atomic mass is 79.9. The Morgan fingerprint density at radius 3 is 2.47 bits per heavy atom. The standard InChI is InChI=1S/C11H12BrNO2/c1-2-9(14)10(12)13-11(15)8-6-4-3-5-7-8/h3-7,10H,2H2,1H3,(H,13,15). The molecule has 1 aromatic rings. The smallest absolute Gasteiger partial charge is 0.252 e. The van der Waals surface area contributed by atoms with Crippen molar-refractivity contribution in [3.63, 3.8) is 0 Å². The molecule has 0 spiro atoms. The van der Waals surface area contributed by atoms with Gasteiger partial charge in [-0.05, 0) is 12.1 Å². The highest BCUT2D eigenvalue weighted by Gasteiger charge is 2.15. The van der Waals surface area contributed by atoms with E-state index in [1.807, 2.05) is 6.07 Å². The number of carbonyl (C=O) groups excluding carboxylic acids is 2. The molecule has 15 heavy (non-hydrogen) atoms. The van der Waals surface area contributed by atoms with E-state index < -0.39 is 4.95 Å². The fraction of sp³-hybridized carbons (Fsp3) is 0.273. The topological polar surface area (TPSA) is 46.2 Å². The molecule has 1 unspecified atom stereocenters. The predicted octanol–water partition coefficient (Wildman–Crippen LogP) is 2.12. The molecule has 0 heterocycles. The van der Waals surface area contributed by atoms with Gasteiger partial charge in [-0.1, -0.05) is 41.1 Å². The summed E-state index contributed by atoms with van der Waals surface area (Å²) in [4.78, 5) is 22.2. The third-order valence-electron chi connectivity index (χ3n) is 1.92. The second-order valence-electron chi connectivity index (χ2n) is 3.02. The molecule has 0 fully saturated rings. The number of nitrogens with one attached hydrogen (secondary N) is 1. The minimum absolute atomic E-state index is 0.0423. The minimum Gasteiger partial charge on any atom is -0.333 e. The van der Waals surface area contributed by atoms with E-state index in [1.165, 1.54) is 0 Å². The first-order valence-corrected chi connectivity index (χ1v) is 5.59. The lowest BCUT2D eigenvalue weighted by molar-refractivity contribution is -0.118. The first-order valence-electron chi connectivity index (χ1n) is 4.68. The third-order valence-corrected chi connectivity index (χ3v) is 2.66. The second kappa shape index (κ2) is 5.66. The minimum atomic E-state index is -0.602. The van der Waals surface area contributed by atoms with E-state index in [-0.39, 0.29) is 11.7 Å². The zero-order valence-corrected chi connectivity index (χ0v) is 9.95. The Hall–Kier alpha value is -1.16. The van der Waals surface area contributed by atoms with Crippen LogP contribution in [0, 0.1) is 0 Å². The molecule has 1 aromatic carbocycles. The number of Topliss-reactive ketones (excluding diaryl/α,β-unsaturated/α-hetero) is 1. The summed E-state index contributed by atoms with van der Waals surface area (Å²) in [6.45, 7) is 1.76. The molecule has 4 heteroatoms. The maximum atomic E-state index is 11.6. The molecule has 1 rings (SSSR count). The first kappa shape index (κ1) is 11.9. The van der Waals surface area contributed by atoms with Crippen molar-refractivity contribution in [2.75, 3.05) is 0 Å². The molecule has 3 nitrogen and oxygen atoms in total. The molecule has 0 aliphatic rings. The van der Waals surface area contributed by atoms with Gasteiger partial charge in [0.2, 0.25) is 0 Å². The molecular formula is C11H12BrNO2. The molecule has 1 amide bonds. The molecule has 1 atom stereocenters. The Balaban J connectivity index is 2.61. The lowest BCUT2D eigenvalue weighted by Gasteiger charge is -2.09. The number of ketones is 1. The maximum absolute atomic E-state index is 11.6.